The topological polar surface area (TPSA) is 86.7 Å². The third-order valence-corrected chi connectivity index (χ3v) is 3.99. The number of rotatable bonds is 9. The summed E-state index contributed by atoms with van der Waals surface area (Å²) in [5.41, 5.74) is 9.02. The van der Waals surface area contributed by atoms with Gasteiger partial charge in [0.2, 0.25) is 0 Å². The molecule has 156 valence electrons. The van der Waals surface area contributed by atoms with Crippen molar-refractivity contribution < 1.29 is 9.47 Å². The van der Waals surface area contributed by atoms with E-state index in [2.05, 4.69) is 35.3 Å². The summed E-state index contributed by atoms with van der Waals surface area (Å²) >= 11 is 0. The van der Waals surface area contributed by atoms with E-state index in [1.165, 1.54) is 0 Å². The average Bonchev–Trinajstić information content (AvgIpc) is 2.93. The Balaban J connectivity index is 0.00000392. The number of hydrogen-bond acceptors (Lipinski definition) is 4. The molecule has 0 spiro atoms. The Labute approximate surface area is 184 Å². The third kappa shape index (κ3) is 7.21. The largest absolute Gasteiger partial charge is 0.494 e. The molecule has 2 aromatic rings. The fourth-order valence-corrected chi connectivity index (χ4v) is 2.79. The number of guanidine groups is 1. The van der Waals surface area contributed by atoms with Crippen molar-refractivity contribution in [3.63, 3.8) is 0 Å². The van der Waals surface area contributed by atoms with Gasteiger partial charge in [0.05, 0.1) is 24.6 Å². The van der Waals surface area contributed by atoms with Crippen molar-refractivity contribution >= 4 is 35.6 Å². The van der Waals surface area contributed by atoms with Gasteiger partial charge in [-0.25, -0.2) is 0 Å². The van der Waals surface area contributed by atoms with Crippen LogP contribution in [0, 0.1) is 19.8 Å². The molecule has 3 N–H and O–H groups in total. The number of aromatic nitrogens is 2. The van der Waals surface area contributed by atoms with Gasteiger partial charge >= 0.3 is 0 Å². The monoisotopic (exact) mass is 501 g/mol. The van der Waals surface area contributed by atoms with Crippen LogP contribution in [-0.2, 0) is 6.54 Å². The van der Waals surface area contributed by atoms with Crippen molar-refractivity contribution in [1.82, 2.24) is 9.78 Å². The Hall–Kier alpha value is -1.97. The van der Waals surface area contributed by atoms with E-state index in [-0.39, 0.29) is 24.0 Å². The first-order valence-corrected chi connectivity index (χ1v) is 9.40. The third-order valence-electron chi connectivity index (χ3n) is 3.99. The predicted molar refractivity (Wildman–Crippen MR) is 125 cm³/mol. The first-order chi connectivity index (χ1) is 12.9. The normalized spacial score (nSPS) is 12.2. The second-order valence-electron chi connectivity index (χ2n) is 6.59. The first-order valence-electron chi connectivity index (χ1n) is 9.40. The molecular weight excluding hydrogens is 469 g/mol. The van der Waals surface area contributed by atoms with Crippen LogP contribution in [0.25, 0.3) is 0 Å². The fourth-order valence-electron chi connectivity index (χ4n) is 2.79. The molecule has 0 aliphatic carbocycles. The molecule has 0 fully saturated rings. The molecule has 0 saturated heterocycles. The maximum absolute atomic E-state index is 6.09. The molecular formula is C20H32IN5O2. The Morgan fingerprint density at radius 1 is 1.21 bits per heavy atom. The van der Waals surface area contributed by atoms with Gasteiger partial charge in [0.15, 0.2) is 5.96 Å². The van der Waals surface area contributed by atoms with E-state index < -0.39 is 0 Å². The number of hydrogen-bond donors (Lipinski definition) is 2. The van der Waals surface area contributed by atoms with Crippen LogP contribution >= 0.6 is 24.0 Å². The number of aryl methyl sites for hydroxylation is 2. The molecule has 0 aliphatic heterocycles. The van der Waals surface area contributed by atoms with Gasteiger partial charge in [-0.05, 0) is 51.8 Å². The second kappa shape index (κ2) is 11.8. The summed E-state index contributed by atoms with van der Waals surface area (Å²) in [5.74, 6) is 2.14. The molecule has 0 radical (unpaired) electrons. The Morgan fingerprint density at radius 2 is 1.93 bits per heavy atom. The minimum atomic E-state index is 0. The lowest BCUT2D eigenvalue weighted by molar-refractivity contribution is 0.332. The number of nitrogens with one attached hydrogen (secondary N) is 1. The zero-order valence-corrected chi connectivity index (χ0v) is 19.7. The molecule has 1 unspecified atom stereocenters. The summed E-state index contributed by atoms with van der Waals surface area (Å²) in [7, 11) is 0. The molecule has 0 saturated carbocycles. The van der Waals surface area contributed by atoms with Crippen molar-refractivity contribution in [1.29, 1.82) is 0 Å². The highest BCUT2D eigenvalue weighted by atomic mass is 127. The predicted octanol–water partition coefficient (Wildman–Crippen LogP) is 3.98. The zero-order chi connectivity index (χ0) is 19.8. The lowest BCUT2D eigenvalue weighted by atomic mass is 10.2. The van der Waals surface area contributed by atoms with Crippen LogP contribution in [0.2, 0.25) is 0 Å². The van der Waals surface area contributed by atoms with Gasteiger partial charge in [0.1, 0.15) is 11.5 Å². The van der Waals surface area contributed by atoms with Crippen LogP contribution in [0.1, 0.15) is 32.2 Å². The van der Waals surface area contributed by atoms with Crippen molar-refractivity contribution in [3.05, 3.63) is 35.7 Å². The zero-order valence-electron chi connectivity index (χ0n) is 17.4. The summed E-state index contributed by atoms with van der Waals surface area (Å²) in [5, 5.41) is 7.62. The maximum atomic E-state index is 6.09. The fraction of sp³-hybridized carbons (Fsp3) is 0.500. The second-order valence-corrected chi connectivity index (χ2v) is 6.59. The van der Waals surface area contributed by atoms with E-state index in [1.807, 2.05) is 43.7 Å². The lowest BCUT2D eigenvalue weighted by Crippen LogP contribution is -2.24. The quantitative estimate of drug-likeness (QED) is 0.309. The van der Waals surface area contributed by atoms with Gasteiger partial charge in [-0.2, -0.15) is 5.10 Å². The van der Waals surface area contributed by atoms with Crippen LogP contribution in [0.3, 0.4) is 0 Å². The van der Waals surface area contributed by atoms with Crippen molar-refractivity contribution in [2.45, 2.75) is 41.2 Å². The van der Waals surface area contributed by atoms with Gasteiger partial charge in [-0.15, -0.1) is 24.0 Å². The van der Waals surface area contributed by atoms with E-state index in [1.54, 1.807) is 0 Å². The van der Waals surface area contributed by atoms with Gasteiger partial charge in [0.25, 0.3) is 0 Å². The number of nitrogens with two attached hydrogens (primary N) is 1. The van der Waals surface area contributed by atoms with Crippen LogP contribution in [-0.4, -0.2) is 35.5 Å². The molecule has 1 atom stereocenters. The summed E-state index contributed by atoms with van der Waals surface area (Å²) in [4.78, 5) is 4.47. The molecule has 0 aliphatic rings. The van der Waals surface area contributed by atoms with Crippen LogP contribution in [0.15, 0.2) is 29.3 Å². The summed E-state index contributed by atoms with van der Waals surface area (Å²) in [6.07, 6.45) is 0. The highest BCUT2D eigenvalue weighted by Crippen LogP contribution is 2.29. The van der Waals surface area contributed by atoms with Crippen molar-refractivity contribution in [2.24, 2.45) is 16.6 Å². The number of aliphatic imine (C=N–C) groups is 1. The molecule has 7 nitrogen and oxygen atoms in total. The number of anilines is 1. The minimum absolute atomic E-state index is 0. The first kappa shape index (κ1) is 24.1. The van der Waals surface area contributed by atoms with E-state index >= 15 is 0 Å². The minimum Gasteiger partial charge on any atom is -0.494 e. The molecule has 1 aromatic carbocycles. The molecule has 0 amide bonds. The van der Waals surface area contributed by atoms with E-state index in [0.29, 0.717) is 31.6 Å². The van der Waals surface area contributed by atoms with Crippen molar-refractivity contribution in [2.75, 3.05) is 25.1 Å². The van der Waals surface area contributed by atoms with E-state index in [9.17, 15) is 0 Å². The van der Waals surface area contributed by atoms with Gasteiger partial charge < -0.3 is 20.5 Å². The average molecular weight is 501 g/mol. The molecule has 0 bridgehead atoms. The highest BCUT2D eigenvalue weighted by molar-refractivity contribution is 14.0. The number of ether oxygens (including phenoxy) is 2. The summed E-state index contributed by atoms with van der Waals surface area (Å²) in [6.45, 7) is 12.7. The SMILES string of the molecule is CCOc1ccc(OCC)c(NC(N)=NCC(C)Cn2nc(C)cc2C)c1.I. The molecule has 1 aromatic heterocycles. The Morgan fingerprint density at radius 3 is 2.54 bits per heavy atom. The maximum Gasteiger partial charge on any atom is 0.193 e. The van der Waals surface area contributed by atoms with Gasteiger partial charge in [0, 0.05) is 24.8 Å². The van der Waals surface area contributed by atoms with Crippen LogP contribution < -0.4 is 20.5 Å². The summed E-state index contributed by atoms with van der Waals surface area (Å²) in [6, 6.07) is 7.70. The van der Waals surface area contributed by atoms with Crippen molar-refractivity contribution in [3.8, 4) is 11.5 Å². The number of nitrogens with zero attached hydrogens (tertiary/aromatic N) is 3. The number of halogens is 1. The summed E-state index contributed by atoms with van der Waals surface area (Å²) < 4.78 is 13.2. The van der Waals surface area contributed by atoms with Crippen LogP contribution in [0.4, 0.5) is 5.69 Å². The lowest BCUT2D eigenvalue weighted by Gasteiger charge is -2.15. The van der Waals surface area contributed by atoms with Gasteiger partial charge in [-0.3, -0.25) is 9.67 Å². The standard InChI is InChI=1S/C20H31N5O2.HI/c1-6-26-17-8-9-19(27-7-2)18(11-17)23-20(21)22-12-14(3)13-25-16(5)10-15(4)24-25;/h8-11,14H,6-7,12-13H2,1-5H3,(H3,21,22,23);1H. The van der Waals surface area contributed by atoms with E-state index in [0.717, 1.165) is 35.1 Å². The molecule has 2 rings (SSSR count). The Kier molecular flexibility index (Phi) is 10.1. The molecule has 8 heteroatoms. The smallest absolute Gasteiger partial charge is 0.193 e. The molecule has 1 heterocycles. The van der Waals surface area contributed by atoms with Crippen LogP contribution in [0.5, 0.6) is 11.5 Å². The highest BCUT2D eigenvalue weighted by Gasteiger charge is 2.09. The molecule has 28 heavy (non-hydrogen) atoms. The number of benzene rings is 1. The Bertz CT molecular complexity index is 776. The van der Waals surface area contributed by atoms with Gasteiger partial charge in [-0.1, -0.05) is 6.92 Å². The van der Waals surface area contributed by atoms with E-state index in [4.69, 9.17) is 15.2 Å².